The first-order chi connectivity index (χ1) is 2.94. The number of rotatable bonds is 1. The summed E-state index contributed by atoms with van der Waals surface area (Å²) in [7, 11) is 0. The molecular weight excluding hydrogens is 166 g/mol. The summed E-state index contributed by atoms with van der Waals surface area (Å²) < 4.78 is 46.1. The topological polar surface area (TPSA) is 97.3 Å². The molecule has 0 heterocycles. The first-order valence-electron chi connectivity index (χ1n) is 0.997. The third-order valence-corrected chi connectivity index (χ3v) is 2.09. The molecular formula is MnO5P-2. The molecule has 0 aliphatic rings. The molecule has 0 aliphatic heterocycles. The molecule has 0 rings (SSSR count). The maximum atomic E-state index is 9.24. The molecule has 0 fully saturated rings. The molecule has 0 unspecified atom stereocenters. The zero-order valence-electron chi connectivity index (χ0n) is 2.87. The van der Waals surface area contributed by atoms with Gasteiger partial charge in [0.2, 0.25) is 0 Å². The Morgan fingerprint density at radius 3 is 1.43 bits per heavy atom. The van der Waals surface area contributed by atoms with Crippen molar-refractivity contribution in [3.05, 3.63) is 0 Å². The summed E-state index contributed by atoms with van der Waals surface area (Å²) >= 11 is -5.55. The van der Waals surface area contributed by atoms with Crippen LogP contribution in [-0.2, 0) is 26.0 Å². The Hall–Kier alpha value is 0.139. The van der Waals surface area contributed by atoms with Crippen LogP contribution in [0.15, 0.2) is 0 Å². The van der Waals surface area contributed by atoms with Gasteiger partial charge in [-0.1, -0.05) is 0 Å². The van der Waals surface area contributed by atoms with Gasteiger partial charge in [0.05, 0.1) is 0 Å². The monoisotopic (exact) mass is 166 g/mol. The molecule has 0 aromatic carbocycles. The minimum absolute atomic E-state index is 3.77. The second-order valence-corrected chi connectivity index (χ2v) is 5.27. The fourth-order valence-electron chi connectivity index (χ4n) is 0. The Morgan fingerprint density at radius 2 is 1.43 bits per heavy atom. The van der Waals surface area contributed by atoms with Crippen LogP contribution in [-0.4, -0.2) is 0 Å². The molecule has 7 heavy (non-hydrogen) atoms. The molecule has 44 valence electrons. The summed E-state index contributed by atoms with van der Waals surface area (Å²) in [5.41, 5.74) is 0. The van der Waals surface area contributed by atoms with Crippen LogP contribution in [0.4, 0.5) is 0 Å². The fraction of sp³-hybridized carbons (Fsp3) is 0. The Morgan fingerprint density at radius 1 is 1.29 bits per heavy atom. The van der Waals surface area contributed by atoms with Crippen molar-refractivity contribution in [2.75, 3.05) is 0 Å². The van der Waals surface area contributed by atoms with E-state index in [-0.39, 0.29) is 0 Å². The normalized spacial score (nSPS) is 13.4. The molecule has 0 aliphatic carbocycles. The zero-order chi connectivity index (χ0) is 6.08. The Bertz CT molecular complexity index is 151. The second kappa shape index (κ2) is 1.94. The van der Waals surface area contributed by atoms with E-state index >= 15 is 0 Å². The fourth-order valence-corrected chi connectivity index (χ4v) is 0. The first-order valence-corrected chi connectivity index (χ1v) is 5.09. The van der Waals surface area contributed by atoms with Gasteiger partial charge < -0.3 is 0 Å². The van der Waals surface area contributed by atoms with E-state index in [2.05, 4.69) is 0 Å². The van der Waals surface area contributed by atoms with Crippen LogP contribution in [0.1, 0.15) is 0 Å². The van der Waals surface area contributed by atoms with Crippen LogP contribution in [0.5, 0.6) is 0 Å². The van der Waals surface area contributed by atoms with Gasteiger partial charge >= 0.3 is 40.7 Å². The summed E-state index contributed by atoms with van der Waals surface area (Å²) in [5.74, 6) is 0. The summed E-state index contributed by atoms with van der Waals surface area (Å²) in [6.45, 7) is 0. The Labute approximate surface area is 41.5 Å². The summed E-state index contributed by atoms with van der Waals surface area (Å²) in [6, 6.07) is 0. The van der Waals surface area contributed by atoms with Gasteiger partial charge in [0.1, 0.15) is 0 Å². The molecule has 0 atom stereocenters. The second-order valence-electron chi connectivity index (χ2n) is 0.609. The van der Waals surface area contributed by atoms with Crippen LogP contribution in [0.25, 0.3) is 0 Å². The SMILES string of the molecule is O=[P](=O)[Mn](=[O])([O-])[O-]. The van der Waals surface area contributed by atoms with Crippen LogP contribution >= 0.6 is 6.37 Å². The number of hydrogen-bond donors (Lipinski definition) is 0. The van der Waals surface area contributed by atoms with Crippen LogP contribution < -0.4 is 8.38 Å². The standard InChI is InChI=1S/Mn.O2P.3O/c;1-3-2;;;/q;;;2*-1. The van der Waals surface area contributed by atoms with Crippen molar-refractivity contribution < 1.29 is 34.3 Å². The molecule has 0 N–H and O–H groups in total. The van der Waals surface area contributed by atoms with Gasteiger partial charge in [0, 0.05) is 0 Å². The van der Waals surface area contributed by atoms with Crippen LogP contribution in [0.2, 0.25) is 0 Å². The van der Waals surface area contributed by atoms with E-state index in [0.29, 0.717) is 0 Å². The van der Waals surface area contributed by atoms with Crippen molar-refractivity contribution in [1.82, 2.24) is 0 Å². The average molecular weight is 166 g/mol. The molecule has 0 aromatic rings. The Balaban J connectivity index is 4.42. The molecule has 7 heteroatoms. The summed E-state index contributed by atoms with van der Waals surface area (Å²) in [4.78, 5) is 0. The molecule has 0 spiro atoms. The van der Waals surface area contributed by atoms with E-state index in [1.807, 2.05) is 0 Å². The molecule has 0 saturated heterocycles. The van der Waals surface area contributed by atoms with E-state index in [0.717, 1.165) is 0 Å². The van der Waals surface area contributed by atoms with Gasteiger partial charge in [0.25, 0.3) is 0 Å². The van der Waals surface area contributed by atoms with E-state index in [4.69, 9.17) is 0 Å². The van der Waals surface area contributed by atoms with Crippen molar-refractivity contribution in [2.24, 2.45) is 0 Å². The van der Waals surface area contributed by atoms with E-state index in [9.17, 15) is 21.3 Å². The van der Waals surface area contributed by atoms with Crippen molar-refractivity contribution in [1.29, 1.82) is 0 Å². The first kappa shape index (κ1) is 7.14. The quantitative estimate of drug-likeness (QED) is 0.335. The van der Waals surface area contributed by atoms with Gasteiger partial charge in [-0.25, -0.2) is 0 Å². The van der Waals surface area contributed by atoms with Gasteiger partial charge in [-0.15, -0.1) is 0 Å². The molecule has 0 aromatic heterocycles. The number of hydrogen-bond acceptors (Lipinski definition) is 5. The van der Waals surface area contributed by atoms with Gasteiger partial charge in [-0.05, 0) is 0 Å². The summed E-state index contributed by atoms with van der Waals surface area (Å²) in [5, 5.41) is 0. The van der Waals surface area contributed by atoms with E-state index in [1.54, 1.807) is 0 Å². The minimum atomic E-state index is -5.55. The van der Waals surface area contributed by atoms with Crippen LogP contribution in [0, 0.1) is 0 Å². The molecule has 0 bridgehead atoms. The predicted molar refractivity (Wildman–Crippen MR) is 8.98 cm³/mol. The molecule has 0 amide bonds. The van der Waals surface area contributed by atoms with Gasteiger partial charge in [-0.3, -0.25) is 0 Å². The van der Waals surface area contributed by atoms with E-state index in [1.165, 1.54) is 0 Å². The van der Waals surface area contributed by atoms with Crippen molar-refractivity contribution in [3.8, 4) is 0 Å². The summed E-state index contributed by atoms with van der Waals surface area (Å²) in [6.07, 6.45) is -3.77. The molecule has 0 saturated carbocycles. The van der Waals surface area contributed by atoms with Crippen LogP contribution in [0.3, 0.4) is 0 Å². The van der Waals surface area contributed by atoms with Crippen molar-refractivity contribution >= 4 is 6.37 Å². The maximum absolute atomic E-state index is 9.24. The molecule has 0 radical (unpaired) electrons. The van der Waals surface area contributed by atoms with Gasteiger partial charge in [-0.2, -0.15) is 0 Å². The molecule has 5 nitrogen and oxygen atoms in total. The zero-order valence-corrected chi connectivity index (χ0v) is 4.94. The predicted octanol–water partition coefficient (Wildman–Crippen LogP) is -1.88. The Kier molecular flexibility index (Phi) is 1.98. The third kappa shape index (κ3) is 2.79. The third-order valence-electron chi connectivity index (χ3n) is 0.169. The van der Waals surface area contributed by atoms with Crippen molar-refractivity contribution in [3.63, 3.8) is 0 Å². The average Bonchev–Trinajstić information content (AvgIpc) is 1.31. The van der Waals surface area contributed by atoms with E-state index < -0.39 is 19.4 Å². The van der Waals surface area contributed by atoms with Gasteiger partial charge in [0.15, 0.2) is 0 Å². The van der Waals surface area contributed by atoms with Crippen molar-refractivity contribution in [2.45, 2.75) is 0 Å².